The summed E-state index contributed by atoms with van der Waals surface area (Å²) >= 11 is 1.24. The van der Waals surface area contributed by atoms with Gasteiger partial charge in [0.05, 0.1) is 41.3 Å². The van der Waals surface area contributed by atoms with E-state index in [1.807, 2.05) is 18.2 Å². The van der Waals surface area contributed by atoms with Crippen molar-refractivity contribution in [2.75, 3.05) is 6.54 Å². The van der Waals surface area contributed by atoms with Crippen molar-refractivity contribution in [2.45, 2.75) is 63.7 Å². The number of nitrogens with zero attached hydrogens (tertiary/aromatic N) is 2. The van der Waals surface area contributed by atoms with Gasteiger partial charge in [-0.05, 0) is 46.8 Å². The summed E-state index contributed by atoms with van der Waals surface area (Å²) in [6, 6.07) is 8.23. The lowest BCUT2D eigenvalue weighted by Gasteiger charge is -2.28. The smallest absolute Gasteiger partial charge is 0.262 e. The van der Waals surface area contributed by atoms with Gasteiger partial charge in [0.2, 0.25) is 5.91 Å². The van der Waals surface area contributed by atoms with Crippen LogP contribution >= 0.6 is 11.8 Å². The number of rotatable bonds is 8. The van der Waals surface area contributed by atoms with Crippen molar-refractivity contribution in [1.29, 1.82) is 0 Å². The number of nitrogens with two attached hydrogens (primary N) is 1. The van der Waals surface area contributed by atoms with Crippen LogP contribution in [0, 0.1) is 0 Å². The monoisotopic (exact) mass is 377 g/mol. The van der Waals surface area contributed by atoms with Crippen LogP contribution in [-0.4, -0.2) is 39.3 Å². The molecule has 6 nitrogen and oxygen atoms in total. The zero-order valence-corrected chi connectivity index (χ0v) is 17.0. The number of quaternary nitrogens is 1. The Balaban J connectivity index is 2.45. The second kappa shape index (κ2) is 8.68. The standard InChI is InChI=1S/C19H28N4O2S/c1-12(2)22(13(3)4)10-11-23-18(25)15-8-6-7-9-16(15)21-19(23)26-14(5)17(20)24/h6-9,12-14H,10-11H2,1-5H3,(H2,20,24)/p+1/t14-/m0/s1. The molecule has 2 aromatic rings. The summed E-state index contributed by atoms with van der Waals surface area (Å²) in [4.78, 5) is 30.6. The lowest BCUT2D eigenvalue weighted by Crippen LogP contribution is -3.18. The fraction of sp³-hybridized carbons (Fsp3) is 0.526. The third-order valence-corrected chi connectivity index (χ3v) is 5.73. The number of hydrogen-bond donors (Lipinski definition) is 2. The van der Waals surface area contributed by atoms with E-state index >= 15 is 0 Å². The van der Waals surface area contributed by atoms with Gasteiger partial charge in [-0.1, -0.05) is 23.9 Å². The first-order chi connectivity index (χ1) is 12.2. The molecule has 0 fully saturated rings. The fourth-order valence-corrected chi connectivity index (χ4v) is 4.02. The Morgan fingerprint density at radius 1 is 1.19 bits per heavy atom. The van der Waals surface area contributed by atoms with E-state index in [9.17, 15) is 9.59 Å². The average molecular weight is 378 g/mol. The fourth-order valence-electron chi connectivity index (χ4n) is 3.14. The van der Waals surface area contributed by atoms with Gasteiger partial charge in [-0.15, -0.1) is 0 Å². The zero-order valence-electron chi connectivity index (χ0n) is 16.2. The number of benzene rings is 1. The molecule has 1 atom stereocenters. The highest BCUT2D eigenvalue weighted by molar-refractivity contribution is 8.00. The molecule has 1 heterocycles. The third-order valence-electron chi connectivity index (χ3n) is 4.62. The number of primary amides is 1. The van der Waals surface area contributed by atoms with E-state index in [0.29, 0.717) is 34.7 Å². The maximum absolute atomic E-state index is 13.0. The molecule has 1 amide bonds. The summed E-state index contributed by atoms with van der Waals surface area (Å²) in [7, 11) is 0. The van der Waals surface area contributed by atoms with Gasteiger partial charge in [0, 0.05) is 0 Å². The van der Waals surface area contributed by atoms with Gasteiger partial charge >= 0.3 is 0 Å². The molecule has 0 aliphatic rings. The minimum atomic E-state index is -0.451. The predicted octanol–water partition coefficient (Wildman–Crippen LogP) is 1.06. The highest BCUT2D eigenvalue weighted by atomic mass is 32.2. The van der Waals surface area contributed by atoms with Crippen LogP contribution in [0.1, 0.15) is 34.6 Å². The molecule has 2 rings (SSSR count). The summed E-state index contributed by atoms with van der Waals surface area (Å²) in [6.07, 6.45) is 0. The van der Waals surface area contributed by atoms with E-state index in [-0.39, 0.29) is 5.56 Å². The lowest BCUT2D eigenvalue weighted by atomic mass is 10.2. The van der Waals surface area contributed by atoms with Crippen molar-refractivity contribution in [3.05, 3.63) is 34.6 Å². The summed E-state index contributed by atoms with van der Waals surface area (Å²) in [5.41, 5.74) is 5.98. The lowest BCUT2D eigenvalue weighted by molar-refractivity contribution is -0.942. The van der Waals surface area contributed by atoms with Crippen molar-refractivity contribution >= 4 is 28.6 Å². The van der Waals surface area contributed by atoms with Crippen LogP contribution in [0.15, 0.2) is 34.2 Å². The first-order valence-corrected chi connectivity index (χ1v) is 9.91. The van der Waals surface area contributed by atoms with Gasteiger partial charge in [0.1, 0.15) is 0 Å². The molecule has 0 radical (unpaired) electrons. The molecule has 0 saturated carbocycles. The molecule has 0 spiro atoms. The van der Waals surface area contributed by atoms with Crippen LogP contribution in [0.2, 0.25) is 0 Å². The number of hydrogen-bond acceptors (Lipinski definition) is 4. The molecule has 1 aromatic carbocycles. The van der Waals surface area contributed by atoms with Crippen molar-refractivity contribution in [1.82, 2.24) is 9.55 Å². The molecule has 3 N–H and O–H groups in total. The Bertz CT molecular complexity index is 824. The molecule has 0 unspecified atom stereocenters. The molecule has 0 bridgehead atoms. The van der Waals surface area contributed by atoms with Gasteiger partial charge in [-0.25, -0.2) is 4.98 Å². The van der Waals surface area contributed by atoms with Gasteiger partial charge in [-0.3, -0.25) is 14.2 Å². The molecular weight excluding hydrogens is 348 g/mol. The summed E-state index contributed by atoms with van der Waals surface area (Å²) in [5, 5.41) is 0.694. The van der Waals surface area contributed by atoms with Crippen LogP contribution in [-0.2, 0) is 11.3 Å². The molecule has 0 aliphatic carbocycles. The number of fused-ring (bicyclic) bond motifs is 1. The van der Waals surface area contributed by atoms with E-state index in [4.69, 9.17) is 5.73 Å². The molecular formula is C19H29N4O2S+. The minimum Gasteiger partial charge on any atom is -0.369 e. The van der Waals surface area contributed by atoms with Crippen LogP contribution < -0.4 is 16.2 Å². The second-order valence-electron chi connectivity index (χ2n) is 7.17. The van der Waals surface area contributed by atoms with E-state index in [2.05, 4.69) is 32.7 Å². The molecule has 0 saturated heterocycles. The van der Waals surface area contributed by atoms with Crippen molar-refractivity contribution < 1.29 is 9.69 Å². The third kappa shape index (κ3) is 4.65. The highest BCUT2D eigenvalue weighted by Gasteiger charge is 2.21. The zero-order chi connectivity index (χ0) is 19.4. The Labute approximate surface area is 158 Å². The van der Waals surface area contributed by atoms with E-state index in [1.54, 1.807) is 17.6 Å². The average Bonchev–Trinajstić information content (AvgIpc) is 2.56. The quantitative estimate of drug-likeness (QED) is 0.532. The number of thioether (sulfide) groups is 1. The molecule has 26 heavy (non-hydrogen) atoms. The van der Waals surface area contributed by atoms with Crippen LogP contribution in [0.25, 0.3) is 10.9 Å². The maximum Gasteiger partial charge on any atom is 0.262 e. The van der Waals surface area contributed by atoms with Gasteiger partial charge < -0.3 is 10.6 Å². The number of nitrogens with one attached hydrogen (secondary N) is 1. The first-order valence-electron chi connectivity index (χ1n) is 9.03. The number of para-hydroxylation sites is 1. The van der Waals surface area contributed by atoms with E-state index in [0.717, 1.165) is 6.54 Å². The SMILES string of the molecule is CC(C)[NH+](CCn1c(S[C@@H](C)C(N)=O)nc2ccccc2c1=O)C(C)C. The predicted molar refractivity (Wildman–Crippen MR) is 107 cm³/mol. The van der Waals surface area contributed by atoms with Crippen LogP contribution in [0.4, 0.5) is 0 Å². The van der Waals surface area contributed by atoms with Gasteiger partial charge in [-0.2, -0.15) is 0 Å². The van der Waals surface area contributed by atoms with Crippen molar-refractivity contribution in [3.8, 4) is 0 Å². The summed E-state index contributed by atoms with van der Waals surface area (Å²) in [6.45, 7) is 11.8. The van der Waals surface area contributed by atoms with Gasteiger partial charge in [0.25, 0.3) is 5.56 Å². The number of aromatic nitrogens is 2. The largest absolute Gasteiger partial charge is 0.369 e. The second-order valence-corrected chi connectivity index (χ2v) is 8.47. The van der Waals surface area contributed by atoms with Crippen molar-refractivity contribution in [2.24, 2.45) is 5.73 Å². The van der Waals surface area contributed by atoms with E-state index in [1.165, 1.54) is 16.7 Å². The Kier molecular flexibility index (Phi) is 6.83. The van der Waals surface area contributed by atoms with Crippen molar-refractivity contribution in [3.63, 3.8) is 0 Å². The number of carbonyl (C=O) groups excluding carboxylic acids is 1. The molecule has 1 aromatic heterocycles. The summed E-state index contributed by atoms with van der Waals surface area (Å²) in [5.74, 6) is -0.416. The molecule has 142 valence electrons. The summed E-state index contributed by atoms with van der Waals surface area (Å²) < 4.78 is 1.69. The molecule has 7 heteroatoms. The Morgan fingerprint density at radius 3 is 2.38 bits per heavy atom. The van der Waals surface area contributed by atoms with Crippen LogP contribution in [0.3, 0.4) is 0 Å². The Hall–Kier alpha value is -1.86. The maximum atomic E-state index is 13.0. The van der Waals surface area contributed by atoms with Crippen LogP contribution in [0.5, 0.6) is 0 Å². The first kappa shape index (κ1) is 20.5. The Morgan fingerprint density at radius 2 is 1.81 bits per heavy atom. The number of carbonyl (C=O) groups is 1. The van der Waals surface area contributed by atoms with Gasteiger partial charge in [0.15, 0.2) is 5.16 Å². The topological polar surface area (TPSA) is 82.4 Å². The minimum absolute atomic E-state index is 0.0679. The van der Waals surface area contributed by atoms with E-state index < -0.39 is 11.2 Å². The molecule has 0 aliphatic heterocycles. The number of amides is 1. The normalized spacial score (nSPS) is 13.1. The highest BCUT2D eigenvalue weighted by Crippen LogP contribution is 2.22.